The van der Waals surface area contributed by atoms with Crippen LogP contribution in [0.2, 0.25) is 0 Å². The maximum absolute atomic E-state index is 12.9. The molecule has 0 unspecified atom stereocenters. The molecule has 0 aliphatic carbocycles. The smallest absolute Gasteiger partial charge is 0.256 e. The Balaban J connectivity index is 1.49. The number of hydrogen-bond donors (Lipinski definition) is 3. The summed E-state index contributed by atoms with van der Waals surface area (Å²) in [4.78, 5) is 25.0. The molecule has 2 aromatic carbocycles. The minimum Gasteiger partial charge on any atom is -0.507 e. The summed E-state index contributed by atoms with van der Waals surface area (Å²) in [7, 11) is 1.57. The molecule has 0 atom stereocenters. The molecule has 35 heavy (non-hydrogen) atoms. The fourth-order valence-corrected chi connectivity index (χ4v) is 4.01. The zero-order valence-electron chi connectivity index (χ0n) is 19.5. The van der Waals surface area contributed by atoms with Crippen LogP contribution >= 0.6 is 0 Å². The second-order valence-electron chi connectivity index (χ2n) is 8.06. The normalized spacial score (nSPS) is 11.1. The van der Waals surface area contributed by atoms with Gasteiger partial charge in [-0.05, 0) is 61.9 Å². The first kappa shape index (κ1) is 22.1. The van der Waals surface area contributed by atoms with Crippen molar-refractivity contribution in [2.75, 3.05) is 12.4 Å². The number of hydrogen-bond acceptors (Lipinski definition) is 6. The maximum atomic E-state index is 12.9. The highest BCUT2D eigenvalue weighted by molar-refractivity contribution is 6.06. The van der Waals surface area contributed by atoms with Crippen LogP contribution in [-0.2, 0) is 6.54 Å². The molecule has 5 aromatic rings. The monoisotopic (exact) mass is 468 g/mol. The summed E-state index contributed by atoms with van der Waals surface area (Å²) in [5.41, 5.74) is 4.88. The predicted molar refractivity (Wildman–Crippen MR) is 134 cm³/mol. The first-order valence-electron chi connectivity index (χ1n) is 11.1. The van der Waals surface area contributed by atoms with E-state index in [1.165, 1.54) is 0 Å². The summed E-state index contributed by atoms with van der Waals surface area (Å²) in [6.45, 7) is 4.52. The van der Waals surface area contributed by atoms with Crippen LogP contribution in [0.4, 0.5) is 5.82 Å². The molecule has 3 heterocycles. The second-order valence-corrected chi connectivity index (χ2v) is 8.06. The number of H-pyrrole nitrogens is 1. The number of anilines is 1. The van der Waals surface area contributed by atoms with Crippen molar-refractivity contribution in [3.8, 4) is 34.1 Å². The zero-order chi connectivity index (χ0) is 24.5. The quantitative estimate of drug-likeness (QED) is 0.330. The first-order chi connectivity index (χ1) is 17.0. The number of methoxy groups -OCH3 is 1. The van der Waals surface area contributed by atoms with E-state index in [1.807, 2.05) is 32.0 Å². The number of aromatic hydroxyl groups is 1. The molecule has 176 valence electrons. The summed E-state index contributed by atoms with van der Waals surface area (Å²) < 4.78 is 7.12. The van der Waals surface area contributed by atoms with Crippen LogP contribution in [-0.4, -0.2) is 42.9 Å². The van der Waals surface area contributed by atoms with Crippen molar-refractivity contribution in [1.82, 2.24) is 24.7 Å². The van der Waals surface area contributed by atoms with Crippen molar-refractivity contribution >= 4 is 22.8 Å². The van der Waals surface area contributed by atoms with Gasteiger partial charge in [-0.1, -0.05) is 6.07 Å². The molecule has 1 amide bonds. The van der Waals surface area contributed by atoms with Crippen LogP contribution in [0, 0.1) is 6.92 Å². The molecule has 0 bridgehead atoms. The Morgan fingerprint density at radius 2 is 2.03 bits per heavy atom. The van der Waals surface area contributed by atoms with Crippen LogP contribution in [0.15, 0.2) is 60.9 Å². The molecule has 0 saturated heterocycles. The Morgan fingerprint density at radius 1 is 1.17 bits per heavy atom. The summed E-state index contributed by atoms with van der Waals surface area (Å²) in [6, 6.07) is 14.2. The Labute approximate surface area is 201 Å². The molecule has 0 fully saturated rings. The molecule has 9 nitrogen and oxygen atoms in total. The fourth-order valence-electron chi connectivity index (χ4n) is 4.01. The Hall–Kier alpha value is -4.66. The highest BCUT2D eigenvalue weighted by Gasteiger charge is 2.16. The minimum absolute atomic E-state index is 0.0805. The van der Waals surface area contributed by atoms with Crippen LogP contribution in [0.5, 0.6) is 11.6 Å². The van der Waals surface area contributed by atoms with Gasteiger partial charge in [0.15, 0.2) is 0 Å². The number of imidazole rings is 1. The first-order valence-corrected chi connectivity index (χ1v) is 11.1. The van der Waals surface area contributed by atoms with E-state index in [0.717, 1.165) is 16.7 Å². The SMILES string of the molecule is CCn1ncc(C)c1NC(=O)c1ccc2nc(-c3cc(-c4cccnc4OC)ccc3O)[nH]c2c1. The predicted octanol–water partition coefficient (Wildman–Crippen LogP) is 4.78. The van der Waals surface area contributed by atoms with Gasteiger partial charge in [-0.3, -0.25) is 4.79 Å². The fraction of sp³-hybridized carbons (Fsp3) is 0.154. The molecular weight excluding hydrogens is 444 g/mol. The lowest BCUT2D eigenvalue weighted by Gasteiger charge is -2.09. The third-order valence-electron chi connectivity index (χ3n) is 5.83. The number of fused-ring (bicyclic) bond motifs is 1. The topological polar surface area (TPSA) is 118 Å². The number of phenols is 1. The van der Waals surface area contributed by atoms with Gasteiger partial charge in [0.2, 0.25) is 5.88 Å². The number of ether oxygens (including phenoxy) is 1. The molecule has 0 radical (unpaired) electrons. The van der Waals surface area contributed by atoms with Crippen molar-refractivity contribution in [2.45, 2.75) is 20.4 Å². The van der Waals surface area contributed by atoms with E-state index in [1.54, 1.807) is 54.5 Å². The number of aryl methyl sites for hydroxylation is 2. The van der Waals surface area contributed by atoms with Crippen molar-refractivity contribution < 1.29 is 14.6 Å². The van der Waals surface area contributed by atoms with Crippen molar-refractivity contribution in [3.05, 3.63) is 72.1 Å². The third kappa shape index (κ3) is 4.08. The molecule has 3 N–H and O–H groups in total. The molecule has 0 spiro atoms. The third-order valence-corrected chi connectivity index (χ3v) is 5.83. The molecule has 0 saturated carbocycles. The number of aromatic nitrogens is 5. The molecule has 9 heteroatoms. The lowest BCUT2D eigenvalue weighted by molar-refractivity contribution is 0.102. The Kier molecular flexibility index (Phi) is 5.66. The molecule has 0 aliphatic heterocycles. The summed E-state index contributed by atoms with van der Waals surface area (Å²) in [5, 5.41) is 17.8. The molecule has 5 rings (SSSR count). The summed E-state index contributed by atoms with van der Waals surface area (Å²) in [6.07, 6.45) is 3.39. The van der Waals surface area contributed by atoms with Crippen molar-refractivity contribution in [3.63, 3.8) is 0 Å². The van der Waals surface area contributed by atoms with Gasteiger partial charge in [0.1, 0.15) is 17.4 Å². The number of nitrogens with one attached hydrogen (secondary N) is 2. The lowest BCUT2D eigenvalue weighted by Crippen LogP contribution is -2.16. The summed E-state index contributed by atoms with van der Waals surface area (Å²) in [5.74, 6) is 1.49. The number of rotatable bonds is 6. The van der Waals surface area contributed by atoms with Gasteiger partial charge < -0.3 is 20.1 Å². The van der Waals surface area contributed by atoms with Crippen LogP contribution in [0.25, 0.3) is 33.5 Å². The van der Waals surface area contributed by atoms with E-state index in [9.17, 15) is 9.90 Å². The largest absolute Gasteiger partial charge is 0.507 e. The highest BCUT2D eigenvalue weighted by atomic mass is 16.5. The van der Waals surface area contributed by atoms with Gasteiger partial charge in [0, 0.05) is 29.4 Å². The minimum atomic E-state index is -0.241. The zero-order valence-corrected chi connectivity index (χ0v) is 19.5. The molecule has 0 aliphatic rings. The van der Waals surface area contributed by atoms with Crippen LogP contribution in [0.3, 0.4) is 0 Å². The summed E-state index contributed by atoms with van der Waals surface area (Å²) >= 11 is 0. The number of phenolic OH excluding ortho intramolecular Hbond substituents is 1. The van der Waals surface area contributed by atoms with E-state index in [4.69, 9.17) is 4.74 Å². The van der Waals surface area contributed by atoms with Gasteiger partial charge in [-0.15, -0.1) is 0 Å². The highest BCUT2D eigenvalue weighted by Crippen LogP contribution is 2.35. The van der Waals surface area contributed by atoms with Gasteiger partial charge >= 0.3 is 0 Å². The van der Waals surface area contributed by atoms with E-state index in [0.29, 0.717) is 46.2 Å². The number of carbonyl (C=O) groups excluding carboxylic acids is 1. The maximum Gasteiger partial charge on any atom is 0.256 e. The number of pyridine rings is 1. The number of aromatic amines is 1. The van der Waals surface area contributed by atoms with Gasteiger partial charge in [-0.2, -0.15) is 5.10 Å². The average Bonchev–Trinajstić information content (AvgIpc) is 3.46. The van der Waals surface area contributed by atoms with E-state index < -0.39 is 0 Å². The molecular formula is C26H24N6O3. The van der Waals surface area contributed by atoms with Crippen LogP contribution < -0.4 is 10.1 Å². The van der Waals surface area contributed by atoms with Crippen molar-refractivity contribution in [1.29, 1.82) is 0 Å². The van der Waals surface area contributed by atoms with E-state index >= 15 is 0 Å². The second kappa shape index (κ2) is 8.94. The van der Waals surface area contributed by atoms with Crippen LogP contribution in [0.1, 0.15) is 22.8 Å². The molecule has 3 aromatic heterocycles. The van der Waals surface area contributed by atoms with Gasteiger partial charge in [0.05, 0.1) is 29.9 Å². The number of benzene rings is 2. The Morgan fingerprint density at radius 3 is 2.83 bits per heavy atom. The lowest BCUT2D eigenvalue weighted by atomic mass is 10.0. The van der Waals surface area contributed by atoms with E-state index in [-0.39, 0.29) is 11.7 Å². The van der Waals surface area contributed by atoms with Crippen molar-refractivity contribution in [2.24, 2.45) is 0 Å². The Bertz CT molecular complexity index is 1550. The van der Waals surface area contributed by atoms with Gasteiger partial charge in [-0.25, -0.2) is 14.6 Å². The number of carbonyl (C=O) groups is 1. The number of amides is 1. The standard InChI is InChI=1S/C26H24N6O3/c1-4-32-24(15(2)14-28-32)31-25(34)17-7-9-20-21(13-17)30-23(29-20)19-12-16(8-10-22(19)33)18-6-5-11-27-26(18)35-3/h5-14,33H,4H2,1-3H3,(H,29,30)(H,31,34). The van der Waals surface area contributed by atoms with E-state index in [2.05, 4.69) is 25.4 Å². The number of nitrogens with zero attached hydrogens (tertiary/aromatic N) is 4. The van der Waals surface area contributed by atoms with Gasteiger partial charge in [0.25, 0.3) is 5.91 Å². The average molecular weight is 469 g/mol.